The van der Waals surface area contributed by atoms with E-state index in [2.05, 4.69) is 19.2 Å². The molecule has 0 bridgehead atoms. The van der Waals surface area contributed by atoms with E-state index in [1.807, 2.05) is 0 Å². The molecule has 0 saturated heterocycles. The third kappa shape index (κ3) is 6.13. The third-order valence-electron chi connectivity index (χ3n) is 2.83. The topological polar surface area (TPSA) is 41.5 Å². The zero-order valence-electron chi connectivity index (χ0n) is 10.0. The second-order valence-corrected chi connectivity index (χ2v) is 4.93. The Bertz CT molecular complexity index is 154. The lowest BCUT2D eigenvalue weighted by molar-refractivity contribution is 0.0977. The van der Waals surface area contributed by atoms with E-state index >= 15 is 0 Å². The lowest BCUT2D eigenvalue weighted by atomic mass is 9.93. The van der Waals surface area contributed by atoms with Crippen LogP contribution in [-0.4, -0.2) is 37.0 Å². The van der Waals surface area contributed by atoms with Gasteiger partial charge in [0.1, 0.15) is 0 Å². The molecule has 0 aromatic carbocycles. The van der Waals surface area contributed by atoms with Gasteiger partial charge in [0.25, 0.3) is 0 Å². The van der Waals surface area contributed by atoms with Crippen molar-refractivity contribution in [1.29, 1.82) is 0 Å². The predicted molar refractivity (Wildman–Crippen MR) is 61.9 cm³/mol. The molecule has 3 nitrogen and oxygen atoms in total. The lowest BCUT2D eigenvalue weighted by Gasteiger charge is -2.26. The first kappa shape index (κ1) is 12.9. The Labute approximate surface area is 93.2 Å². The van der Waals surface area contributed by atoms with Gasteiger partial charge in [-0.05, 0) is 31.6 Å². The van der Waals surface area contributed by atoms with Gasteiger partial charge in [0.05, 0.1) is 12.7 Å². The minimum atomic E-state index is -0.0553. The van der Waals surface area contributed by atoms with Crippen molar-refractivity contribution in [2.24, 2.45) is 5.92 Å². The first-order valence-corrected chi connectivity index (χ1v) is 6.17. The first-order valence-electron chi connectivity index (χ1n) is 6.17. The fourth-order valence-electron chi connectivity index (χ4n) is 1.93. The van der Waals surface area contributed by atoms with Crippen molar-refractivity contribution in [1.82, 2.24) is 5.32 Å². The van der Waals surface area contributed by atoms with Gasteiger partial charge >= 0.3 is 0 Å². The van der Waals surface area contributed by atoms with Gasteiger partial charge in [-0.15, -0.1) is 0 Å². The maximum atomic E-state index is 9.35. The van der Waals surface area contributed by atoms with Crippen LogP contribution in [0.5, 0.6) is 0 Å². The molecular weight excluding hydrogens is 190 g/mol. The summed E-state index contributed by atoms with van der Waals surface area (Å²) in [6.45, 7) is 6.92. The zero-order valence-corrected chi connectivity index (χ0v) is 10.0. The van der Waals surface area contributed by atoms with Crippen LogP contribution in [0.3, 0.4) is 0 Å². The quantitative estimate of drug-likeness (QED) is 0.661. The van der Waals surface area contributed by atoms with Crippen molar-refractivity contribution < 1.29 is 9.84 Å². The number of nitrogens with one attached hydrogen (secondary N) is 1. The number of hydrogen-bond acceptors (Lipinski definition) is 3. The average molecular weight is 215 g/mol. The summed E-state index contributed by atoms with van der Waals surface area (Å²) < 4.78 is 5.50. The van der Waals surface area contributed by atoms with Gasteiger partial charge in [-0.25, -0.2) is 0 Å². The Morgan fingerprint density at radius 2 is 1.93 bits per heavy atom. The Kier molecular flexibility index (Phi) is 6.22. The maximum Gasteiger partial charge on any atom is 0.0591 e. The summed E-state index contributed by atoms with van der Waals surface area (Å²) in [5.41, 5.74) is 0. The highest BCUT2D eigenvalue weighted by molar-refractivity contribution is 4.76. The van der Waals surface area contributed by atoms with Gasteiger partial charge in [0.15, 0.2) is 0 Å². The number of aliphatic hydroxyl groups is 1. The van der Waals surface area contributed by atoms with Crippen molar-refractivity contribution in [2.75, 3.05) is 19.8 Å². The van der Waals surface area contributed by atoms with Crippen molar-refractivity contribution >= 4 is 0 Å². The molecule has 0 aromatic heterocycles. The average Bonchev–Trinajstić information content (AvgIpc) is 2.20. The SMILES string of the molecule is CC(C)COCCNC1CCC(O)CC1. The zero-order chi connectivity index (χ0) is 11.1. The first-order chi connectivity index (χ1) is 7.18. The highest BCUT2D eigenvalue weighted by atomic mass is 16.5. The second kappa shape index (κ2) is 7.20. The molecule has 3 heteroatoms. The van der Waals surface area contributed by atoms with Crippen molar-refractivity contribution in [3.8, 4) is 0 Å². The summed E-state index contributed by atoms with van der Waals surface area (Å²) >= 11 is 0. The van der Waals surface area contributed by atoms with E-state index in [0.717, 1.165) is 45.4 Å². The molecule has 0 amide bonds. The monoisotopic (exact) mass is 215 g/mol. The molecule has 0 aliphatic heterocycles. The summed E-state index contributed by atoms with van der Waals surface area (Å²) in [4.78, 5) is 0. The fraction of sp³-hybridized carbons (Fsp3) is 1.00. The van der Waals surface area contributed by atoms with Crippen LogP contribution in [0.4, 0.5) is 0 Å². The summed E-state index contributed by atoms with van der Waals surface area (Å²) in [5.74, 6) is 0.620. The molecule has 90 valence electrons. The molecule has 0 unspecified atom stereocenters. The lowest BCUT2D eigenvalue weighted by Crippen LogP contribution is -2.36. The summed E-state index contributed by atoms with van der Waals surface area (Å²) in [7, 11) is 0. The molecule has 0 radical (unpaired) electrons. The van der Waals surface area contributed by atoms with Crippen LogP contribution in [-0.2, 0) is 4.74 Å². The van der Waals surface area contributed by atoms with E-state index in [1.165, 1.54) is 0 Å². The van der Waals surface area contributed by atoms with E-state index in [-0.39, 0.29) is 6.10 Å². The van der Waals surface area contributed by atoms with Gasteiger partial charge < -0.3 is 15.2 Å². The van der Waals surface area contributed by atoms with E-state index < -0.39 is 0 Å². The number of rotatable bonds is 6. The van der Waals surface area contributed by atoms with Gasteiger partial charge in [-0.1, -0.05) is 13.8 Å². The minimum absolute atomic E-state index is 0.0553. The molecule has 1 rings (SSSR count). The van der Waals surface area contributed by atoms with Crippen LogP contribution in [0, 0.1) is 5.92 Å². The van der Waals surface area contributed by atoms with E-state index in [4.69, 9.17) is 4.74 Å². The molecule has 0 atom stereocenters. The van der Waals surface area contributed by atoms with Crippen LogP contribution >= 0.6 is 0 Å². The Morgan fingerprint density at radius 3 is 2.53 bits per heavy atom. The molecule has 2 N–H and O–H groups in total. The van der Waals surface area contributed by atoms with Crippen molar-refractivity contribution in [2.45, 2.75) is 51.7 Å². The molecule has 1 fully saturated rings. The number of ether oxygens (including phenoxy) is 1. The van der Waals surface area contributed by atoms with E-state index in [0.29, 0.717) is 12.0 Å². The third-order valence-corrected chi connectivity index (χ3v) is 2.83. The number of hydrogen-bond donors (Lipinski definition) is 2. The summed E-state index contributed by atoms with van der Waals surface area (Å²) in [5, 5.41) is 12.8. The highest BCUT2D eigenvalue weighted by Gasteiger charge is 2.18. The van der Waals surface area contributed by atoms with Crippen LogP contribution in [0.15, 0.2) is 0 Å². The molecule has 0 aromatic rings. The molecule has 15 heavy (non-hydrogen) atoms. The van der Waals surface area contributed by atoms with Crippen LogP contribution < -0.4 is 5.32 Å². The largest absolute Gasteiger partial charge is 0.393 e. The Morgan fingerprint density at radius 1 is 1.27 bits per heavy atom. The molecular formula is C12H25NO2. The molecule has 0 heterocycles. The van der Waals surface area contributed by atoms with E-state index in [9.17, 15) is 5.11 Å². The normalized spacial score (nSPS) is 27.2. The number of aliphatic hydroxyl groups excluding tert-OH is 1. The van der Waals surface area contributed by atoms with Gasteiger partial charge in [-0.3, -0.25) is 0 Å². The van der Waals surface area contributed by atoms with Gasteiger partial charge in [0, 0.05) is 19.2 Å². The van der Waals surface area contributed by atoms with Crippen molar-refractivity contribution in [3.05, 3.63) is 0 Å². The van der Waals surface area contributed by atoms with Gasteiger partial charge in [0.2, 0.25) is 0 Å². The highest BCUT2D eigenvalue weighted by Crippen LogP contribution is 2.17. The summed E-state index contributed by atoms with van der Waals surface area (Å²) in [6.07, 6.45) is 4.05. The predicted octanol–water partition coefficient (Wildman–Crippen LogP) is 1.55. The standard InChI is InChI=1S/C12H25NO2/c1-10(2)9-15-8-7-13-11-3-5-12(14)6-4-11/h10-14H,3-9H2,1-2H3. The Balaban J connectivity index is 1.91. The van der Waals surface area contributed by atoms with Crippen LogP contribution in [0.1, 0.15) is 39.5 Å². The maximum absolute atomic E-state index is 9.35. The smallest absolute Gasteiger partial charge is 0.0591 e. The minimum Gasteiger partial charge on any atom is -0.393 e. The van der Waals surface area contributed by atoms with Gasteiger partial charge in [-0.2, -0.15) is 0 Å². The molecule has 1 aliphatic rings. The van der Waals surface area contributed by atoms with Crippen LogP contribution in [0.25, 0.3) is 0 Å². The second-order valence-electron chi connectivity index (χ2n) is 4.93. The van der Waals surface area contributed by atoms with Crippen molar-refractivity contribution in [3.63, 3.8) is 0 Å². The molecule has 1 saturated carbocycles. The molecule has 0 spiro atoms. The Hall–Kier alpha value is -0.120. The molecule has 1 aliphatic carbocycles. The van der Waals surface area contributed by atoms with E-state index in [1.54, 1.807) is 0 Å². The fourth-order valence-corrected chi connectivity index (χ4v) is 1.93. The van der Waals surface area contributed by atoms with Crippen LogP contribution in [0.2, 0.25) is 0 Å². The summed E-state index contributed by atoms with van der Waals surface area (Å²) in [6, 6.07) is 0.594.